The Kier molecular flexibility index (Phi) is 6.17. The number of carbonyl (C=O) groups is 3. The number of amides is 4. The van der Waals surface area contributed by atoms with Gasteiger partial charge in [0.2, 0.25) is 5.91 Å². The fourth-order valence-electron chi connectivity index (χ4n) is 3.39. The molecule has 1 aromatic rings. The molecule has 0 aromatic heterocycles. The van der Waals surface area contributed by atoms with Crippen LogP contribution in [0.3, 0.4) is 0 Å². The highest BCUT2D eigenvalue weighted by molar-refractivity contribution is 6.09. The number of imide groups is 1. The summed E-state index contributed by atoms with van der Waals surface area (Å²) in [6, 6.07) is 8.89. The molecular weight excluding hydrogens is 318 g/mol. The minimum atomic E-state index is -0.855. The summed E-state index contributed by atoms with van der Waals surface area (Å²) in [5, 5.41) is 5.66. The zero-order valence-corrected chi connectivity index (χ0v) is 15.2. The molecule has 136 valence electrons. The highest BCUT2D eigenvalue weighted by Gasteiger charge is 2.50. The van der Waals surface area contributed by atoms with Crippen LogP contribution in [0.5, 0.6) is 0 Å². The molecule has 1 fully saturated rings. The standard InChI is InChI=1S/C19H27N3O3/c1-4-11-19(12-5-2)17(24)22(18(25)21-19)13-16(23)20-14(3)15-9-7-6-8-10-15/h6-10,14H,4-5,11-13H2,1-3H3,(H,20,23)(H,21,25)/t14-/m0/s1. The van der Waals surface area contributed by atoms with Crippen LogP contribution in [-0.4, -0.2) is 34.8 Å². The molecule has 1 aliphatic heterocycles. The molecule has 0 radical (unpaired) electrons. The number of rotatable bonds is 8. The third-order valence-electron chi connectivity index (χ3n) is 4.58. The van der Waals surface area contributed by atoms with E-state index in [0.29, 0.717) is 12.8 Å². The van der Waals surface area contributed by atoms with Gasteiger partial charge >= 0.3 is 6.03 Å². The summed E-state index contributed by atoms with van der Waals surface area (Å²) in [7, 11) is 0. The first-order valence-corrected chi connectivity index (χ1v) is 8.92. The fourth-order valence-corrected chi connectivity index (χ4v) is 3.39. The van der Waals surface area contributed by atoms with Crippen molar-refractivity contribution in [3.05, 3.63) is 35.9 Å². The third kappa shape index (κ3) is 4.18. The summed E-state index contributed by atoms with van der Waals surface area (Å²) in [5.74, 6) is -0.632. The van der Waals surface area contributed by atoms with Gasteiger partial charge in [0, 0.05) is 0 Å². The molecule has 0 bridgehead atoms. The Morgan fingerprint density at radius 1 is 1.16 bits per heavy atom. The first-order chi connectivity index (χ1) is 11.9. The normalized spacial score (nSPS) is 17.3. The maximum absolute atomic E-state index is 12.8. The second-order valence-electron chi connectivity index (χ2n) is 6.60. The Labute approximate surface area is 149 Å². The van der Waals surface area contributed by atoms with E-state index in [0.717, 1.165) is 23.3 Å². The van der Waals surface area contributed by atoms with Gasteiger partial charge in [-0.15, -0.1) is 0 Å². The topological polar surface area (TPSA) is 78.5 Å². The van der Waals surface area contributed by atoms with Gasteiger partial charge < -0.3 is 10.6 Å². The van der Waals surface area contributed by atoms with E-state index in [9.17, 15) is 14.4 Å². The van der Waals surface area contributed by atoms with Crippen LogP contribution in [0.1, 0.15) is 58.1 Å². The maximum Gasteiger partial charge on any atom is 0.325 e. The molecule has 1 aromatic carbocycles. The highest BCUT2D eigenvalue weighted by atomic mass is 16.2. The van der Waals surface area contributed by atoms with Crippen molar-refractivity contribution in [2.24, 2.45) is 0 Å². The summed E-state index contributed by atoms with van der Waals surface area (Å²) in [4.78, 5) is 38.4. The Bertz CT molecular complexity index is 624. The van der Waals surface area contributed by atoms with Crippen LogP contribution < -0.4 is 10.6 Å². The van der Waals surface area contributed by atoms with Gasteiger partial charge in [0.25, 0.3) is 5.91 Å². The molecule has 0 spiro atoms. The molecule has 6 nitrogen and oxygen atoms in total. The van der Waals surface area contributed by atoms with Crippen LogP contribution in [0, 0.1) is 0 Å². The average molecular weight is 345 g/mol. The zero-order valence-electron chi connectivity index (χ0n) is 15.2. The summed E-state index contributed by atoms with van der Waals surface area (Å²) < 4.78 is 0. The highest BCUT2D eigenvalue weighted by Crippen LogP contribution is 2.27. The van der Waals surface area contributed by atoms with Crippen molar-refractivity contribution in [2.45, 2.75) is 58.0 Å². The van der Waals surface area contributed by atoms with Crippen LogP contribution in [-0.2, 0) is 9.59 Å². The Balaban J connectivity index is 2.03. The van der Waals surface area contributed by atoms with E-state index in [1.54, 1.807) is 0 Å². The summed E-state index contributed by atoms with van der Waals surface area (Å²) in [6.07, 6.45) is 2.75. The summed E-state index contributed by atoms with van der Waals surface area (Å²) in [5.41, 5.74) is 0.116. The number of hydrogen-bond donors (Lipinski definition) is 2. The third-order valence-corrected chi connectivity index (χ3v) is 4.58. The van der Waals surface area contributed by atoms with Crippen molar-refractivity contribution < 1.29 is 14.4 Å². The Morgan fingerprint density at radius 2 is 1.76 bits per heavy atom. The minimum Gasteiger partial charge on any atom is -0.348 e. The van der Waals surface area contributed by atoms with E-state index >= 15 is 0 Å². The minimum absolute atomic E-state index is 0.189. The van der Waals surface area contributed by atoms with E-state index in [4.69, 9.17) is 0 Å². The van der Waals surface area contributed by atoms with Crippen LogP contribution >= 0.6 is 0 Å². The van der Waals surface area contributed by atoms with E-state index in [-0.39, 0.29) is 24.4 Å². The molecule has 2 N–H and O–H groups in total. The molecule has 1 saturated heterocycles. The van der Waals surface area contributed by atoms with Crippen LogP contribution in [0.2, 0.25) is 0 Å². The number of benzene rings is 1. The molecule has 0 unspecified atom stereocenters. The quantitative estimate of drug-likeness (QED) is 0.711. The van der Waals surface area contributed by atoms with Gasteiger partial charge in [-0.25, -0.2) is 4.79 Å². The van der Waals surface area contributed by atoms with Crippen molar-refractivity contribution in [2.75, 3.05) is 6.54 Å². The molecule has 6 heteroatoms. The molecule has 1 atom stereocenters. The Hall–Kier alpha value is -2.37. The lowest BCUT2D eigenvalue weighted by atomic mass is 9.88. The molecule has 4 amide bonds. The monoisotopic (exact) mass is 345 g/mol. The van der Waals surface area contributed by atoms with Gasteiger partial charge in [0.05, 0.1) is 6.04 Å². The predicted molar refractivity (Wildman–Crippen MR) is 95.8 cm³/mol. The van der Waals surface area contributed by atoms with Gasteiger partial charge in [0.15, 0.2) is 0 Å². The summed E-state index contributed by atoms with van der Waals surface area (Å²) >= 11 is 0. The lowest BCUT2D eigenvalue weighted by molar-refractivity contribution is -0.135. The molecule has 1 aliphatic rings. The molecule has 0 aliphatic carbocycles. The molecule has 25 heavy (non-hydrogen) atoms. The molecule has 0 saturated carbocycles. The van der Waals surface area contributed by atoms with Crippen molar-refractivity contribution in [1.82, 2.24) is 15.5 Å². The molecule has 1 heterocycles. The van der Waals surface area contributed by atoms with Crippen molar-refractivity contribution in [3.8, 4) is 0 Å². The smallest absolute Gasteiger partial charge is 0.325 e. The largest absolute Gasteiger partial charge is 0.348 e. The zero-order chi connectivity index (χ0) is 18.4. The first kappa shape index (κ1) is 19.0. The second-order valence-corrected chi connectivity index (χ2v) is 6.60. The first-order valence-electron chi connectivity index (χ1n) is 8.92. The number of nitrogens with zero attached hydrogens (tertiary/aromatic N) is 1. The van der Waals surface area contributed by atoms with Gasteiger partial charge in [-0.3, -0.25) is 14.5 Å². The van der Waals surface area contributed by atoms with Crippen LogP contribution in [0.25, 0.3) is 0 Å². The van der Waals surface area contributed by atoms with Gasteiger partial charge in [-0.2, -0.15) is 0 Å². The maximum atomic E-state index is 12.8. The SMILES string of the molecule is CCCC1(CCC)NC(=O)N(CC(=O)N[C@@H](C)c2ccccc2)C1=O. The average Bonchev–Trinajstić information content (AvgIpc) is 2.80. The van der Waals surface area contributed by atoms with Crippen molar-refractivity contribution in [1.29, 1.82) is 0 Å². The lowest BCUT2D eigenvalue weighted by Crippen LogP contribution is -2.47. The van der Waals surface area contributed by atoms with Gasteiger partial charge in [-0.1, -0.05) is 57.0 Å². The molecule has 2 rings (SSSR count). The fraction of sp³-hybridized carbons (Fsp3) is 0.526. The van der Waals surface area contributed by atoms with Crippen LogP contribution in [0.15, 0.2) is 30.3 Å². The van der Waals surface area contributed by atoms with E-state index in [1.165, 1.54) is 0 Å². The lowest BCUT2D eigenvalue weighted by Gasteiger charge is -2.25. The van der Waals surface area contributed by atoms with E-state index in [1.807, 2.05) is 51.1 Å². The number of carbonyl (C=O) groups excluding carboxylic acids is 3. The van der Waals surface area contributed by atoms with E-state index < -0.39 is 11.6 Å². The van der Waals surface area contributed by atoms with Gasteiger partial charge in [-0.05, 0) is 25.3 Å². The number of urea groups is 1. The molecular formula is C19H27N3O3. The van der Waals surface area contributed by atoms with Crippen molar-refractivity contribution in [3.63, 3.8) is 0 Å². The Morgan fingerprint density at radius 3 is 2.32 bits per heavy atom. The predicted octanol–water partition coefficient (Wildman–Crippen LogP) is 2.75. The van der Waals surface area contributed by atoms with Crippen molar-refractivity contribution >= 4 is 17.8 Å². The second kappa shape index (κ2) is 8.14. The number of nitrogens with one attached hydrogen (secondary N) is 2. The number of hydrogen-bond acceptors (Lipinski definition) is 3. The van der Waals surface area contributed by atoms with Crippen LogP contribution in [0.4, 0.5) is 4.79 Å². The van der Waals surface area contributed by atoms with E-state index in [2.05, 4.69) is 10.6 Å². The van der Waals surface area contributed by atoms with Gasteiger partial charge in [0.1, 0.15) is 12.1 Å². The summed E-state index contributed by atoms with van der Waals surface area (Å²) in [6.45, 7) is 5.58.